The van der Waals surface area contributed by atoms with E-state index in [9.17, 15) is 4.79 Å². The molecule has 0 unspecified atom stereocenters. The fourth-order valence-corrected chi connectivity index (χ4v) is 2.56. The van der Waals surface area contributed by atoms with Gasteiger partial charge in [0.2, 0.25) is 0 Å². The predicted molar refractivity (Wildman–Crippen MR) is 97.3 cm³/mol. The summed E-state index contributed by atoms with van der Waals surface area (Å²) < 4.78 is 1.64. The van der Waals surface area contributed by atoms with Crippen molar-refractivity contribution >= 4 is 23.7 Å². The number of halogens is 1. The molecule has 2 aromatic heterocycles. The molecule has 0 saturated carbocycles. The number of hydrogen-bond acceptors (Lipinski definition) is 4. The third-order valence-electron chi connectivity index (χ3n) is 3.63. The average Bonchev–Trinajstić information content (AvgIpc) is 2.91. The van der Waals surface area contributed by atoms with E-state index in [2.05, 4.69) is 20.6 Å². The monoisotopic (exact) mass is 353 g/mol. The number of carbonyl (C=O) groups is 1. The van der Waals surface area contributed by atoms with Crippen LogP contribution in [0.5, 0.6) is 0 Å². The number of aryl methyl sites for hydroxylation is 2. The molecule has 3 rings (SSSR count). The summed E-state index contributed by atoms with van der Waals surface area (Å²) in [5, 5.41) is 8.85. The van der Waals surface area contributed by atoms with Gasteiger partial charge in [0.05, 0.1) is 23.2 Å². The van der Waals surface area contributed by atoms with Gasteiger partial charge < -0.3 is 0 Å². The Morgan fingerprint density at radius 2 is 1.84 bits per heavy atom. The topological polar surface area (TPSA) is 72.2 Å². The summed E-state index contributed by atoms with van der Waals surface area (Å²) in [7, 11) is 0. The second-order valence-corrected chi connectivity index (χ2v) is 5.83. The number of aromatic nitrogens is 3. The predicted octanol–water partition coefficient (Wildman–Crippen LogP) is 3.30. The highest BCUT2D eigenvalue weighted by atomic mass is 35.5. The van der Waals surface area contributed by atoms with Crippen molar-refractivity contribution in [1.29, 1.82) is 0 Å². The lowest BCUT2D eigenvalue weighted by atomic mass is 10.2. The number of nitrogens with zero attached hydrogens (tertiary/aromatic N) is 4. The SMILES string of the molecule is Cc1ccc(-n2nc(C)c(/C=N\NC(=O)c3ccncc3)c2Cl)cc1. The van der Waals surface area contributed by atoms with Gasteiger partial charge in [0.15, 0.2) is 0 Å². The van der Waals surface area contributed by atoms with Crippen LogP contribution in [0, 0.1) is 13.8 Å². The maximum absolute atomic E-state index is 12.0. The van der Waals surface area contributed by atoms with E-state index in [1.165, 1.54) is 6.21 Å². The molecule has 0 fully saturated rings. The summed E-state index contributed by atoms with van der Waals surface area (Å²) in [5.74, 6) is -0.321. The molecule has 2 heterocycles. The second-order valence-electron chi connectivity index (χ2n) is 5.47. The minimum atomic E-state index is -0.321. The molecule has 6 nitrogen and oxygen atoms in total. The summed E-state index contributed by atoms with van der Waals surface area (Å²) in [6, 6.07) is 11.1. The number of pyridine rings is 1. The number of benzene rings is 1. The third kappa shape index (κ3) is 3.75. The van der Waals surface area contributed by atoms with Crippen molar-refractivity contribution in [2.45, 2.75) is 13.8 Å². The smallest absolute Gasteiger partial charge is 0.267 e. The molecule has 0 aliphatic rings. The number of hydrazone groups is 1. The Hall–Kier alpha value is -2.99. The summed E-state index contributed by atoms with van der Waals surface area (Å²) in [4.78, 5) is 15.8. The summed E-state index contributed by atoms with van der Waals surface area (Å²) >= 11 is 6.42. The molecule has 0 atom stereocenters. The Balaban J connectivity index is 1.79. The van der Waals surface area contributed by atoms with Crippen molar-refractivity contribution in [3.8, 4) is 5.69 Å². The second kappa shape index (κ2) is 7.27. The van der Waals surface area contributed by atoms with E-state index >= 15 is 0 Å². The number of carbonyl (C=O) groups excluding carboxylic acids is 1. The van der Waals surface area contributed by atoms with Gasteiger partial charge in [-0.1, -0.05) is 29.3 Å². The van der Waals surface area contributed by atoms with Crippen LogP contribution in [0.15, 0.2) is 53.9 Å². The average molecular weight is 354 g/mol. The first-order valence-electron chi connectivity index (χ1n) is 7.62. The lowest BCUT2D eigenvalue weighted by Gasteiger charge is -2.03. The largest absolute Gasteiger partial charge is 0.271 e. The molecular formula is C18H16ClN5O. The van der Waals surface area contributed by atoms with Crippen LogP contribution in [-0.4, -0.2) is 26.9 Å². The fourth-order valence-electron chi connectivity index (χ4n) is 2.24. The summed E-state index contributed by atoms with van der Waals surface area (Å²) in [6.45, 7) is 3.85. The van der Waals surface area contributed by atoms with Crippen LogP contribution in [0.25, 0.3) is 5.69 Å². The van der Waals surface area contributed by atoms with E-state index in [0.29, 0.717) is 22.0 Å². The van der Waals surface area contributed by atoms with Crippen molar-refractivity contribution in [2.75, 3.05) is 0 Å². The third-order valence-corrected chi connectivity index (χ3v) is 3.99. The molecular weight excluding hydrogens is 338 g/mol. The fraction of sp³-hybridized carbons (Fsp3) is 0.111. The molecule has 1 aromatic carbocycles. The summed E-state index contributed by atoms with van der Waals surface area (Å²) in [5.41, 5.74) is 6.33. The van der Waals surface area contributed by atoms with Gasteiger partial charge in [-0.25, -0.2) is 10.1 Å². The van der Waals surface area contributed by atoms with Gasteiger partial charge in [-0.3, -0.25) is 9.78 Å². The zero-order chi connectivity index (χ0) is 17.8. The number of amides is 1. The molecule has 1 amide bonds. The number of hydrogen-bond donors (Lipinski definition) is 1. The molecule has 7 heteroatoms. The highest BCUT2D eigenvalue weighted by Crippen LogP contribution is 2.22. The van der Waals surface area contributed by atoms with Gasteiger partial charge in [-0.15, -0.1) is 0 Å². The molecule has 1 N–H and O–H groups in total. The van der Waals surface area contributed by atoms with Crippen molar-refractivity contribution in [2.24, 2.45) is 5.10 Å². The molecule has 0 aliphatic carbocycles. The van der Waals surface area contributed by atoms with Gasteiger partial charge in [0.25, 0.3) is 5.91 Å². The molecule has 126 valence electrons. The minimum Gasteiger partial charge on any atom is -0.267 e. The standard InChI is InChI=1S/C18H16ClN5O/c1-12-3-5-15(6-4-12)24-17(19)16(13(2)23-24)11-21-22-18(25)14-7-9-20-10-8-14/h3-11H,1-2H3,(H,22,25)/b21-11-. The van der Waals surface area contributed by atoms with E-state index in [1.54, 1.807) is 29.2 Å². The van der Waals surface area contributed by atoms with Crippen molar-refractivity contribution in [1.82, 2.24) is 20.2 Å². The quantitative estimate of drug-likeness (QED) is 0.577. The Morgan fingerprint density at radius 1 is 1.16 bits per heavy atom. The first-order chi connectivity index (χ1) is 12.1. The Morgan fingerprint density at radius 3 is 2.52 bits per heavy atom. The molecule has 0 saturated heterocycles. The van der Waals surface area contributed by atoms with Crippen LogP contribution >= 0.6 is 11.6 Å². The highest BCUT2D eigenvalue weighted by Gasteiger charge is 2.13. The van der Waals surface area contributed by atoms with Crippen LogP contribution < -0.4 is 5.43 Å². The highest BCUT2D eigenvalue weighted by molar-refractivity contribution is 6.32. The van der Waals surface area contributed by atoms with Crippen LogP contribution in [0.1, 0.15) is 27.2 Å². The van der Waals surface area contributed by atoms with Crippen molar-refractivity contribution < 1.29 is 4.79 Å². The first-order valence-corrected chi connectivity index (χ1v) is 7.99. The van der Waals surface area contributed by atoms with Gasteiger partial charge in [0, 0.05) is 18.0 Å². The molecule has 0 bridgehead atoms. The van der Waals surface area contributed by atoms with Crippen LogP contribution in [0.4, 0.5) is 0 Å². The van der Waals surface area contributed by atoms with Gasteiger partial charge in [-0.2, -0.15) is 10.2 Å². The molecule has 0 spiro atoms. The minimum absolute atomic E-state index is 0.321. The first kappa shape index (κ1) is 16.9. The van der Waals surface area contributed by atoms with Gasteiger partial charge in [0.1, 0.15) is 5.15 Å². The van der Waals surface area contributed by atoms with Gasteiger partial charge >= 0.3 is 0 Å². The molecule has 3 aromatic rings. The maximum Gasteiger partial charge on any atom is 0.271 e. The number of nitrogens with one attached hydrogen (secondary N) is 1. The van der Waals surface area contributed by atoms with E-state index in [1.807, 2.05) is 38.1 Å². The Kier molecular flexibility index (Phi) is 4.90. The molecule has 0 aliphatic heterocycles. The Labute approximate surface area is 150 Å². The van der Waals surface area contributed by atoms with Crippen molar-refractivity contribution in [3.05, 3.63) is 76.3 Å². The number of rotatable bonds is 4. The van der Waals surface area contributed by atoms with Crippen LogP contribution in [0.3, 0.4) is 0 Å². The van der Waals surface area contributed by atoms with Crippen molar-refractivity contribution in [3.63, 3.8) is 0 Å². The van der Waals surface area contributed by atoms with E-state index in [0.717, 1.165) is 11.3 Å². The van der Waals surface area contributed by atoms with E-state index in [-0.39, 0.29) is 5.91 Å². The van der Waals surface area contributed by atoms with E-state index in [4.69, 9.17) is 11.6 Å². The van der Waals surface area contributed by atoms with Crippen LogP contribution in [-0.2, 0) is 0 Å². The van der Waals surface area contributed by atoms with Crippen LogP contribution in [0.2, 0.25) is 5.15 Å². The summed E-state index contributed by atoms with van der Waals surface area (Å²) in [6.07, 6.45) is 4.59. The normalized spacial score (nSPS) is 11.0. The Bertz CT molecular complexity index is 917. The van der Waals surface area contributed by atoms with Gasteiger partial charge in [-0.05, 0) is 38.1 Å². The molecule has 0 radical (unpaired) electrons. The lowest BCUT2D eigenvalue weighted by molar-refractivity contribution is 0.0955. The maximum atomic E-state index is 12.0. The molecule has 25 heavy (non-hydrogen) atoms. The lowest BCUT2D eigenvalue weighted by Crippen LogP contribution is -2.17. The zero-order valence-electron chi connectivity index (χ0n) is 13.8. The van der Waals surface area contributed by atoms with E-state index < -0.39 is 0 Å². The zero-order valence-corrected chi connectivity index (χ0v) is 14.5.